The summed E-state index contributed by atoms with van der Waals surface area (Å²) < 4.78 is 0. The van der Waals surface area contributed by atoms with Gasteiger partial charge in [0.25, 0.3) is 0 Å². The Bertz CT molecular complexity index is 177. The lowest BCUT2D eigenvalue weighted by Crippen LogP contribution is -2.39. The predicted octanol–water partition coefficient (Wildman–Crippen LogP) is 2.64. The van der Waals surface area contributed by atoms with Crippen LogP contribution in [0.3, 0.4) is 0 Å². The highest BCUT2D eigenvalue weighted by Gasteiger charge is 2.30. The summed E-state index contributed by atoms with van der Waals surface area (Å²) in [6.07, 6.45) is 5.39. The molecule has 1 aliphatic rings. The molecule has 1 saturated heterocycles. The molecule has 1 rings (SSSR count). The Labute approximate surface area is 95.4 Å². The Morgan fingerprint density at radius 3 is 2.67 bits per heavy atom. The van der Waals surface area contributed by atoms with Gasteiger partial charge in [0.2, 0.25) is 0 Å². The van der Waals surface area contributed by atoms with E-state index in [9.17, 15) is 0 Å². The third kappa shape index (κ3) is 4.12. The van der Waals surface area contributed by atoms with Gasteiger partial charge in [-0.1, -0.05) is 6.92 Å². The molecule has 90 valence electrons. The lowest BCUT2D eigenvalue weighted by Gasteiger charge is -2.31. The Morgan fingerprint density at radius 1 is 1.40 bits per heavy atom. The summed E-state index contributed by atoms with van der Waals surface area (Å²) in [4.78, 5) is 2.66. The normalized spacial score (nSPS) is 23.2. The van der Waals surface area contributed by atoms with Gasteiger partial charge in [0.15, 0.2) is 0 Å². The van der Waals surface area contributed by atoms with E-state index in [1.165, 1.54) is 38.8 Å². The number of nitrogens with one attached hydrogen (secondary N) is 1. The molecule has 0 saturated carbocycles. The van der Waals surface area contributed by atoms with Crippen LogP contribution in [0.5, 0.6) is 0 Å². The van der Waals surface area contributed by atoms with Gasteiger partial charge in [-0.25, -0.2) is 0 Å². The van der Waals surface area contributed by atoms with E-state index >= 15 is 0 Å². The number of hydrogen-bond donors (Lipinski definition) is 1. The molecule has 0 spiro atoms. The van der Waals surface area contributed by atoms with Crippen molar-refractivity contribution in [3.05, 3.63) is 0 Å². The third-order valence-electron chi connectivity index (χ3n) is 3.69. The lowest BCUT2D eigenvalue weighted by molar-refractivity contribution is 0.170. The largest absolute Gasteiger partial charge is 0.315 e. The van der Waals surface area contributed by atoms with Crippen molar-refractivity contribution in [2.45, 2.75) is 65.0 Å². The van der Waals surface area contributed by atoms with Crippen molar-refractivity contribution in [2.75, 3.05) is 19.6 Å². The summed E-state index contributed by atoms with van der Waals surface area (Å²) >= 11 is 0. The molecule has 1 heterocycles. The zero-order valence-corrected chi connectivity index (χ0v) is 11.0. The van der Waals surface area contributed by atoms with E-state index in [0.717, 1.165) is 6.54 Å². The second-order valence-electron chi connectivity index (χ2n) is 5.50. The molecule has 1 atom stereocenters. The van der Waals surface area contributed by atoms with Crippen LogP contribution in [-0.4, -0.2) is 36.1 Å². The molecule has 0 bridgehead atoms. The third-order valence-corrected chi connectivity index (χ3v) is 3.69. The first kappa shape index (κ1) is 13.0. The molecule has 15 heavy (non-hydrogen) atoms. The molecule has 0 aliphatic carbocycles. The highest BCUT2D eigenvalue weighted by atomic mass is 15.2. The molecule has 0 aromatic heterocycles. The second kappa shape index (κ2) is 5.86. The fraction of sp³-hybridized carbons (Fsp3) is 1.00. The zero-order chi connectivity index (χ0) is 11.3. The molecule has 1 fully saturated rings. The van der Waals surface area contributed by atoms with Crippen LogP contribution in [0.2, 0.25) is 0 Å². The maximum Gasteiger partial charge on any atom is 0.0153 e. The van der Waals surface area contributed by atoms with E-state index in [-0.39, 0.29) is 0 Å². The molecule has 2 nitrogen and oxygen atoms in total. The van der Waals surface area contributed by atoms with Gasteiger partial charge in [0.1, 0.15) is 0 Å². The number of nitrogens with zero attached hydrogens (tertiary/aromatic N) is 1. The van der Waals surface area contributed by atoms with E-state index in [1.807, 2.05) is 0 Å². The highest BCUT2D eigenvalue weighted by molar-refractivity contribution is 4.87. The lowest BCUT2D eigenvalue weighted by atomic mass is 10.0. The Balaban J connectivity index is 2.14. The van der Waals surface area contributed by atoms with E-state index in [2.05, 4.69) is 37.9 Å². The minimum absolute atomic E-state index is 0.460. The summed E-state index contributed by atoms with van der Waals surface area (Å²) in [7, 11) is 0. The Kier molecular flexibility index (Phi) is 5.07. The van der Waals surface area contributed by atoms with Gasteiger partial charge in [-0.3, -0.25) is 4.90 Å². The SMILES string of the molecule is CCNC(C)CCCN1CCCC1(C)C. The van der Waals surface area contributed by atoms with E-state index in [0.29, 0.717) is 11.6 Å². The first-order valence-electron chi connectivity index (χ1n) is 6.54. The predicted molar refractivity (Wildman–Crippen MR) is 67.3 cm³/mol. The smallest absolute Gasteiger partial charge is 0.0153 e. The Hall–Kier alpha value is -0.0800. The van der Waals surface area contributed by atoms with Crippen LogP contribution in [0.15, 0.2) is 0 Å². The Morgan fingerprint density at radius 2 is 2.13 bits per heavy atom. The molecule has 2 heteroatoms. The van der Waals surface area contributed by atoms with Crippen LogP contribution in [0, 0.1) is 0 Å². The summed E-state index contributed by atoms with van der Waals surface area (Å²) in [5.74, 6) is 0. The van der Waals surface area contributed by atoms with Gasteiger partial charge in [0, 0.05) is 11.6 Å². The quantitative estimate of drug-likeness (QED) is 0.728. The molecule has 0 aromatic rings. The van der Waals surface area contributed by atoms with Crippen molar-refractivity contribution in [2.24, 2.45) is 0 Å². The molecule has 0 aromatic carbocycles. The standard InChI is InChI=1S/C13H28N2/c1-5-14-12(2)8-6-10-15-11-7-9-13(15,3)4/h12,14H,5-11H2,1-4H3. The summed E-state index contributed by atoms with van der Waals surface area (Å²) in [5, 5.41) is 3.47. The van der Waals surface area contributed by atoms with Gasteiger partial charge in [-0.2, -0.15) is 0 Å². The van der Waals surface area contributed by atoms with Crippen molar-refractivity contribution in [1.29, 1.82) is 0 Å². The zero-order valence-electron chi connectivity index (χ0n) is 11.0. The number of likely N-dealkylation sites (tertiary alicyclic amines) is 1. The first-order chi connectivity index (χ1) is 7.06. The molecule has 0 amide bonds. The van der Waals surface area contributed by atoms with Crippen molar-refractivity contribution in [3.8, 4) is 0 Å². The minimum Gasteiger partial charge on any atom is -0.315 e. The van der Waals surface area contributed by atoms with Crippen LogP contribution in [0.1, 0.15) is 53.4 Å². The van der Waals surface area contributed by atoms with E-state index < -0.39 is 0 Å². The van der Waals surface area contributed by atoms with Gasteiger partial charge in [0.05, 0.1) is 0 Å². The second-order valence-corrected chi connectivity index (χ2v) is 5.50. The summed E-state index contributed by atoms with van der Waals surface area (Å²) in [6, 6.07) is 0.681. The molecular weight excluding hydrogens is 184 g/mol. The maximum atomic E-state index is 3.47. The maximum absolute atomic E-state index is 3.47. The van der Waals surface area contributed by atoms with Gasteiger partial charge in [-0.15, -0.1) is 0 Å². The molecular formula is C13H28N2. The van der Waals surface area contributed by atoms with Crippen LogP contribution >= 0.6 is 0 Å². The van der Waals surface area contributed by atoms with Crippen LogP contribution in [-0.2, 0) is 0 Å². The topological polar surface area (TPSA) is 15.3 Å². The highest BCUT2D eigenvalue weighted by Crippen LogP contribution is 2.28. The van der Waals surface area contributed by atoms with Crippen molar-refractivity contribution in [1.82, 2.24) is 10.2 Å². The number of hydrogen-bond acceptors (Lipinski definition) is 2. The summed E-state index contributed by atoms with van der Waals surface area (Å²) in [6.45, 7) is 12.9. The van der Waals surface area contributed by atoms with Gasteiger partial charge in [-0.05, 0) is 66.1 Å². The van der Waals surface area contributed by atoms with E-state index in [1.54, 1.807) is 0 Å². The fourth-order valence-corrected chi connectivity index (χ4v) is 2.62. The van der Waals surface area contributed by atoms with E-state index in [4.69, 9.17) is 0 Å². The number of rotatable bonds is 6. The van der Waals surface area contributed by atoms with Crippen molar-refractivity contribution in [3.63, 3.8) is 0 Å². The average Bonchev–Trinajstić information content (AvgIpc) is 2.46. The molecule has 0 radical (unpaired) electrons. The minimum atomic E-state index is 0.460. The van der Waals surface area contributed by atoms with Crippen molar-refractivity contribution >= 4 is 0 Å². The van der Waals surface area contributed by atoms with Gasteiger partial charge >= 0.3 is 0 Å². The molecule has 1 aliphatic heterocycles. The van der Waals surface area contributed by atoms with Crippen LogP contribution in [0.25, 0.3) is 0 Å². The first-order valence-corrected chi connectivity index (χ1v) is 6.54. The summed E-state index contributed by atoms with van der Waals surface area (Å²) in [5.41, 5.74) is 0.460. The fourth-order valence-electron chi connectivity index (χ4n) is 2.62. The van der Waals surface area contributed by atoms with Crippen LogP contribution in [0.4, 0.5) is 0 Å². The molecule has 1 N–H and O–H groups in total. The molecule has 1 unspecified atom stereocenters. The van der Waals surface area contributed by atoms with Crippen LogP contribution < -0.4 is 5.32 Å². The van der Waals surface area contributed by atoms with Crippen molar-refractivity contribution < 1.29 is 0 Å². The monoisotopic (exact) mass is 212 g/mol. The van der Waals surface area contributed by atoms with Gasteiger partial charge < -0.3 is 5.32 Å². The average molecular weight is 212 g/mol.